The first-order valence-electron chi connectivity index (χ1n) is 9.65. The van der Waals surface area contributed by atoms with Crippen molar-refractivity contribution in [2.75, 3.05) is 0 Å². The number of hydrogen-bond acceptors (Lipinski definition) is 7. The molecule has 0 saturated carbocycles. The fourth-order valence-corrected chi connectivity index (χ4v) is 2.42. The highest BCUT2D eigenvalue weighted by Crippen LogP contribution is 2.05. The molecule has 0 aromatic heterocycles. The quantitative estimate of drug-likeness (QED) is 0.151. The van der Waals surface area contributed by atoms with Crippen LogP contribution in [0.15, 0.2) is 0 Å². The van der Waals surface area contributed by atoms with Crippen molar-refractivity contribution in [3.05, 3.63) is 0 Å². The number of aliphatic carboxylic acids is 2. The first kappa shape index (κ1) is 27.8. The third-order valence-corrected chi connectivity index (χ3v) is 4.30. The highest BCUT2D eigenvalue weighted by Gasteiger charge is 2.30. The standard InChI is InChI=1S/C18H31N5O8/c1-8(2)14(18(30)31)23-17(29)11(5-7-13(25)26)22-15(27)9(3)21-16(28)10(19)4-6-12(20)24/h8-11,14H,4-7,19H2,1-3H3,(H2,20,24)(H,21,28)(H,22,27)(H,23,29)(H,25,26)(H,30,31). The Morgan fingerprint density at radius 1 is 0.806 bits per heavy atom. The van der Waals surface area contributed by atoms with E-state index in [2.05, 4.69) is 16.0 Å². The van der Waals surface area contributed by atoms with Gasteiger partial charge in [0.15, 0.2) is 0 Å². The zero-order valence-corrected chi connectivity index (χ0v) is 17.7. The number of carboxylic acids is 2. The van der Waals surface area contributed by atoms with Gasteiger partial charge in [-0.1, -0.05) is 13.8 Å². The maximum atomic E-state index is 12.5. The summed E-state index contributed by atoms with van der Waals surface area (Å²) in [7, 11) is 0. The van der Waals surface area contributed by atoms with Crippen LogP contribution in [0.1, 0.15) is 46.5 Å². The molecule has 0 aliphatic rings. The molecule has 4 atom stereocenters. The molecule has 0 rings (SSSR count). The minimum Gasteiger partial charge on any atom is -0.481 e. The van der Waals surface area contributed by atoms with Gasteiger partial charge in [0.05, 0.1) is 6.04 Å². The molecule has 176 valence electrons. The minimum absolute atomic E-state index is 0.0229. The lowest BCUT2D eigenvalue weighted by atomic mass is 10.0. The van der Waals surface area contributed by atoms with E-state index in [4.69, 9.17) is 16.6 Å². The van der Waals surface area contributed by atoms with Crippen molar-refractivity contribution < 1.29 is 39.0 Å². The molecule has 31 heavy (non-hydrogen) atoms. The number of primary amides is 1. The first-order valence-corrected chi connectivity index (χ1v) is 9.65. The van der Waals surface area contributed by atoms with E-state index in [1.54, 1.807) is 13.8 Å². The van der Waals surface area contributed by atoms with Gasteiger partial charge in [0.2, 0.25) is 23.6 Å². The Labute approximate surface area is 179 Å². The second-order valence-electron chi connectivity index (χ2n) is 7.40. The average Bonchev–Trinajstić information content (AvgIpc) is 2.65. The Balaban J connectivity index is 5.12. The molecule has 0 aromatic rings. The number of carbonyl (C=O) groups excluding carboxylic acids is 4. The normalized spacial score (nSPS) is 14.6. The molecule has 0 bridgehead atoms. The van der Waals surface area contributed by atoms with Crippen LogP contribution in [0.25, 0.3) is 0 Å². The van der Waals surface area contributed by atoms with Gasteiger partial charge in [-0.05, 0) is 25.7 Å². The molecule has 0 aliphatic carbocycles. The third-order valence-electron chi connectivity index (χ3n) is 4.30. The molecule has 0 radical (unpaired) electrons. The smallest absolute Gasteiger partial charge is 0.326 e. The highest BCUT2D eigenvalue weighted by atomic mass is 16.4. The Kier molecular flexibility index (Phi) is 11.8. The van der Waals surface area contributed by atoms with Crippen LogP contribution in [-0.4, -0.2) is 69.9 Å². The summed E-state index contributed by atoms with van der Waals surface area (Å²) < 4.78 is 0. The van der Waals surface area contributed by atoms with E-state index in [1.165, 1.54) is 6.92 Å². The summed E-state index contributed by atoms with van der Waals surface area (Å²) in [4.78, 5) is 69.8. The molecule has 13 heteroatoms. The minimum atomic E-state index is -1.34. The maximum absolute atomic E-state index is 12.5. The van der Waals surface area contributed by atoms with Crippen LogP contribution in [0, 0.1) is 5.92 Å². The third kappa shape index (κ3) is 10.9. The van der Waals surface area contributed by atoms with Gasteiger partial charge < -0.3 is 37.6 Å². The Hall–Kier alpha value is -3.22. The average molecular weight is 445 g/mol. The topological polar surface area (TPSA) is 231 Å². The van der Waals surface area contributed by atoms with Crippen LogP contribution in [0.4, 0.5) is 0 Å². The Morgan fingerprint density at radius 3 is 1.84 bits per heavy atom. The summed E-state index contributed by atoms with van der Waals surface area (Å²) in [5.74, 6) is -5.99. The van der Waals surface area contributed by atoms with Gasteiger partial charge in [0.25, 0.3) is 0 Å². The van der Waals surface area contributed by atoms with Crippen molar-refractivity contribution in [3.63, 3.8) is 0 Å². The van der Waals surface area contributed by atoms with Gasteiger partial charge in [-0.15, -0.1) is 0 Å². The molecule has 13 nitrogen and oxygen atoms in total. The van der Waals surface area contributed by atoms with Crippen LogP contribution in [0.3, 0.4) is 0 Å². The lowest BCUT2D eigenvalue weighted by molar-refractivity contribution is -0.144. The number of nitrogens with one attached hydrogen (secondary N) is 3. The van der Waals surface area contributed by atoms with Gasteiger partial charge in [0, 0.05) is 12.8 Å². The lowest BCUT2D eigenvalue weighted by Crippen LogP contribution is -2.57. The highest BCUT2D eigenvalue weighted by molar-refractivity contribution is 5.94. The fraction of sp³-hybridized carbons (Fsp3) is 0.667. The van der Waals surface area contributed by atoms with Crippen molar-refractivity contribution in [2.24, 2.45) is 17.4 Å². The molecular formula is C18H31N5O8. The molecule has 0 saturated heterocycles. The summed E-state index contributed by atoms with van der Waals surface area (Å²) in [6.07, 6.45) is -0.898. The van der Waals surface area contributed by atoms with Gasteiger partial charge in [-0.25, -0.2) is 4.79 Å². The van der Waals surface area contributed by atoms with Crippen molar-refractivity contribution in [1.82, 2.24) is 16.0 Å². The molecule has 0 fully saturated rings. The lowest BCUT2D eigenvalue weighted by Gasteiger charge is -2.24. The predicted molar refractivity (Wildman–Crippen MR) is 107 cm³/mol. The van der Waals surface area contributed by atoms with Crippen molar-refractivity contribution in [1.29, 1.82) is 0 Å². The van der Waals surface area contributed by atoms with E-state index in [0.717, 1.165) is 0 Å². The van der Waals surface area contributed by atoms with E-state index in [0.29, 0.717) is 0 Å². The number of hydrogen-bond donors (Lipinski definition) is 7. The molecule has 4 unspecified atom stereocenters. The van der Waals surface area contributed by atoms with E-state index in [1.807, 2.05) is 0 Å². The molecule has 9 N–H and O–H groups in total. The van der Waals surface area contributed by atoms with E-state index in [-0.39, 0.29) is 19.3 Å². The second-order valence-corrected chi connectivity index (χ2v) is 7.40. The predicted octanol–water partition coefficient (Wildman–Crippen LogP) is -2.34. The van der Waals surface area contributed by atoms with Gasteiger partial charge in [-0.3, -0.25) is 24.0 Å². The monoisotopic (exact) mass is 445 g/mol. The van der Waals surface area contributed by atoms with Crippen LogP contribution < -0.4 is 27.4 Å². The van der Waals surface area contributed by atoms with Crippen molar-refractivity contribution >= 4 is 35.6 Å². The van der Waals surface area contributed by atoms with Crippen LogP contribution >= 0.6 is 0 Å². The van der Waals surface area contributed by atoms with Crippen LogP contribution in [-0.2, 0) is 28.8 Å². The zero-order valence-electron chi connectivity index (χ0n) is 17.7. The largest absolute Gasteiger partial charge is 0.481 e. The summed E-state index contributed by atoms with van der Waals surface area (Å²) in [6, 6.07) is -4.81. The number of rotatable bonds is 14. The van der Waals surface area contributed by atoms with Crippen LogP contribution in [0.2, 0.25) is 0 Å². The zero-order chi connectivity index (χ0) is 24.3. The van der Waals surface area contributed by atoms with Crippen LogP contribution in [0.5, 0.6) is 0 Å². The molecule has 0 aromatic carbocycles. The second kappa shape index (κ2) is 13.2. The molecule has 0 aliphatic heterocycles. The van der Waals surface area contributed by atoms with Gasteiger partial charge in [-0.2, -0.15) is 0 Å². The van der Waals surface area contributed by atoms with Crippen molar-refractivity contribution in [2.45, 2.75) is 70.6 Å². The molecule has 0 spiro atoms. The van der Waals surface area contributed by atoms with E-state index >= 15 is 0 Å². The fourth-order valence-electron chi connectivity index (χ4n) is 2.42. The Morgan fingerprint density at radius 2 is 1.39 bits per heavy atom. The number of amides is 4. The first-order chi connectivity index (χ1) is 14.3. The number of carboxylic acid groups (broad SMARTS) is 2. The number of carbonyl (C=O) groups is 6. The summed E-state index contributed by atoms with van der Waals surface area (Å²) in [6.45, 7) is 4.46. The van der Waals surface area contributed by atoms with Gasteiger partial charge >= 0.3 is 11.9 Å². The SMILES string of the molecule is CC(NC(=O)C(N)CCC(N)=O)C(=O)NC(CCC(=O)O)C(=O)NC(C(=O)O)C(C)C. The number of nitrogens with two attached hydrogens (primary N) is 2. The van der Waals surface area contributed by atoms with E-state index in [9.17, 15) is 33.9 Å². The van der Waals surface area contributed by atoms with Crippen molar-refractivity contribution in [3.8, 4) is 0 Å². The summed E-state index contributed by atoms with van der Waals surface area (Å²) >= 11 is 0. The Bertz CT molecular complexity index is 696. The van der Waals surface area contributed by atoms with Gasteiger partial charge in [0.1, 0.15) is 18.1 Å². The maximum Gasteiger partial charge on any atom is 0.326 e. The molecule has 0 heterocycles. The molecular weight excluding hydrogens is 414 g/mol. The summed E-state index contributed by atoms with van der Waals surface area (Å²) in [5.41, 5.74) is 10.6. The van der Waals surface area contributed by atoms with E-state index < -0.39 is 72.1 Å². The summed E-state index contributed by atoms with van der Waals surface area (Å²) in [5, 5.41) is 25.0. The molecule has 4 amide bonds.